The third-order valence-electron chi connectivity index (χ3n) is 1.32. The molecule has 3 nitrogen and oxygen atoms in total. The fraction of sp³-hybridized carbons (Fsp3) is 0.125. The lowest BCUT2D eigenvalue weighted by Crippen LogP contribution is -2.16. The molecule has 0 radical (unpaired) electrons. The topological polar surface area (TPSA) is 38.7 Å². The molecule has 1 aromatic carbocycles. The highest BCUT2D eigenvalue weighted by Gasteiger charge is 2.31. The highest BCUT2D eigenvalue weighted by atomic mass is 35.5. The van der Waals surface area contributed by atoms with Crippen LogP contribution in [-0.4, -0.2) is 12.4 Å². The largest absolute Gasteiger partial charge is 0.573 e. The molecule has 0 aliphatic carbocycles. The molecule has 0 atom stereocenters. The van der Waals surface area contributed by atoms with Crippen molar-refractivity contribution >= 4 is 23.4 Å². The number of isocyanates is 1. The van der Waals surface area contributed by atoms with Gasteiger partial charge in [-0.3, -0.25) is 0 Å². The molecule has 0 aromatic heterocycles. The van der Waals surface area contributed by atoms with Crippen molar-refractivity contribution in [1.82, 2.24) is 0 Å². The lowest BCUT2D eigenvalue weighted by atomic mass is 10.3. The van der Waals surface area contributed by atoms with Gasteiger partial charge in [0, 0.05) is 6.07 Å². The van der Waals surface area contributed by atoms with Gasteiger partial charge in [-0.25, -0.2) is 4.79 Å². The molecule has 0 N–H and O–H groups in total. The van der Waals surface area contributed by atoms with Gasteiger partial charge in [0.15, 0.2) is 0 Å². The summed E-state index contributed by atoms with van der Waals surface area (Å²) in [6.45, 7) is 0. The lowest BCUT2D eigenvalue weighted by molar-refractivity contribution is -0.274. The predicted molar refractivity (Wildman–Crippen MR) is 45.9 cm³/mol. The molecular weight excluding hydrogens is 235 g/mol. The minimum absolute atomic E-state index is 0.0289. The van der Waals surface area contributed by atoms with E-state index in [0.717, 1.165) is 18.2 Å². The van der Waals surface area contributed by atoms with Gasteiger partial charge in [0.1, 0.15) is 5.75 Å². The van der Waals surface area contributed by atoms with Crippen LogP contribution in [0.5, 0.6) is 5.75 Å². The van der Waals surface area contributed by atoms with Gasteiger partial charge in [-0.05, 0) is 12.1 Å². The molecule has 0 saturated heterocycles. The number of hydrogen-bond donors (Lipinski definition) is 0. The maximum atomic E-state index is 11.8. The Morgan fingerprint density at radius 3 is 2.53 bits per heavy atom. The van der Waals surface area contributed by atoms with Crippen molar-refractivity contribution in [1.29, 1.82) is 0 Å². The Kier molecular flexibility index (Phi) is 3.34. The van der Waals surface area contributed by atoms with Gasteiger partial charge in [0.25, 0.3) is 0 Å². The molecule has 0 fully saturated rings. The van der Waals surface area contributed by atoms with Crippen LogP contribution in [0, 0.1) is 0 Å². The van der Waals surface area contributed by atoms with Crippen LogP contribution < -0.4 is 4.74 Å². The number of benzene rings is 1. The van der Waals surface area contributed by atoms with Crippen LogP contribution in [0.1, 0.15) is 0 Å². The lowest BCUT2D eigenvalue weighted by Gasteiger charge is -2.08. The van der Waals surface area contributed by atoms with Crippen molar-refractivity contribution < 1.29 is 22.7 Å². The molecule has 0 saturated carbocycles. The summed E-state index contributed by atoms with van der Waals surface area (Å²) in [5.41, 5.74) is 0.0289. The Labute approximate surface area is 87.1 Å². The van der Waals surface area contributed by atoms with E-state index in [4.69, 9.17) is 11.6 Å². The Bertz CT molecular complexity index is 413. The van der Waals surface area contributed by atoms with Crippen molar-refractivity contribution in [2.75, 3.05) is 0 Å². The fourth-order valence-electron chi connectivity index (χ4n) is 0.825. The maximum absolute atomic E-state index is 11.8. The van der Waals surface area contributed by atoms with Crippen LogP contribution in [0.15, 0.2) is 23.2 Å². The zero-order valence-electron chi connectivity index (χ0n) is 7.01. The predicted octanol–water partition coefficient (Wildman–Crippen LogP) is 3.21. The molecule has 7 heteroatoms. The average molecular weight is 238 g/mol. The van der Waals surface area contributed by atoms with Gasteiger partial charge < -0.3 is 4.74 Å². The first-order valence-corrected chi connectivity index (χ1v) is 3.93. The average Bonchev–Trinajstić information content (AvgIpc) is 2.07. The number of carbonyl (C=O) groups excluding carboxylic acids is 1. The molecule has 0 aliphatic heterocycles. The zero-order valence-corrected chi connectivity index (χ0v) is 7.76. The summed E-state index contributed by atoms with van der Waals surface area (Å²) in [5.74, 6) is -0.475. The first-order chi connectivity index (χ1) is 6.92. The second kappa shape index (κ2) is 4.33. The monoisotopic (exact) mass is 237 g/mol. The number of ether oxygens (including phenoxy) is 1. The van der Waals surface area contributed by atoms with Gasteiger partial charge >= 0.3 is 6.36 Å². The molecule has 0 spiro atoms. The second-order valence-corrected chi connectivity index (χ2v) is 2.77. The molecule has 80 valence electrons. The molecule has 0 heterocycles. The summed E-state index contributed by atoms with van der Waals surface area (Å²) in [5, 5.41) is -0.125. The molecule has 0 unspecified atom stereocenters. The van der Waals surface area contributed by atoms with Crippen molar-refractivity contribution in [3.05, 3.63) is 23.2 Å². The maximum Gasteiger partial charge on any atom is 0.573 e. The van der Waals surface area contributed by atoms with E-state index >= 15 is 0 Å². The number of aliphatic imine (C=N–C) groups is 1. The summed E-state index contributed by atoms with van der Waals surface area (Å²) < 4.78 is 38.9. The number of alkyl halides is 3. The Balaban J connectivity index is 2.96. The van der Waals surface area contributed by atoms with E-state index < -0.39 is 12.1 Å². The van der Waals surface area contributed by atoms with Crippen molar-refractivity contribution in [2.45, 2.75) is 6.36 Å². The van der Waals surface area contributed by atoms with Gasteiger partial charge in [0.05, 0.1) is 10.7 Å². The number of hydrogen-bond acceptors (Lipinski definition) is 3. The summed E-state index contributed by atoms with van der Waals surface area (Å²) in [4.78, 5) is 13.0. The van der Waals surface area contributed by atoms with Crippen LogP contribution in [0.25, 0.3) is 0 Å². The standard InChI is InChI=1S/C8H3ClF3NO2/c9-6-3-5(15-8(10,11)12)1-2-7(6)13-4-14/h1-3H. The number of nitrogens with zero attached hydrogens (tertiary/aromatic N) is 1. The highest BCUT2D eigenvalue weighted by molar-refractivity contribution is 6.33. The van der Waals surface area contributed by atoms with E-state index in [1.807, 2.05) is 0 Å². The van der Waals surface area contributed by atoms with Crippen molar-refractivity contribution in [3.8, 4) is 5.75 Å². The van der Waals surface area contributed by atoms with E-state index in [1.54, 1.807) is 0 Å². The van der Waals surface area contributed by atoms with E-state index in [-0.39, 0.29) is 10.7 Å². The SMILES string of the molecule is O=C=Nc1ccc(OC(F)(F)F)cc1Cl. The fourth-order valence-corrected chi connectivity index (χ4v) is 1.04. The highest BCUT2D eigenvalue weighted by Crippen LogP contribution is 2.31. The summed E-state index contributed by atoms with van der Waals surface area (Å²) in [6.07, 6.45) is -3.56. The van der Waals surface area contributed by atoms with Gasteiger partial charge in [0.2, 0.25) is 6.08 Å². The van der Waals surface area contributed by atoms with Gasteiger partial charge in [-0.2, -0.15) is 4.99 Å². The molecule has 1 rings (SSSR count). The third-order valence-corrected chi connectivity index (χ3v) is 1.62. The molecular formula is C8H3ClF3NO2. The summed E-state index contributed by atoms with van der Waals surface area (Å²) in [7, 11) is 0. The zero-order chi connectivity index (χ0) is 11.5. The number of halogens is 4. The Morgan fingerprint density at radius 2 is 2.07 bits per heavy atom. The molecule has 0 bridgehead atoms. The minimum Gasteiger partial charge on any atom is -0.406 e. The van der Waals surface area contributed by atoms with Gasteiger partial charge in [-0.1, -0.05) is 11.6 Å². The van der Waals surface area contributed by atoms with Crippen LogP contribution in [0.2, 0.25) is 5.02 Å². The van der Waals surface area contributed by atoms with Gasteiger partial charge in [-0.15, -0.1) is 13.2 Å². The van der Waals surface area contributed by atoms with Crippen molar-refractivity contribution in [3.63, 3.8) is 0 Å². The first kappa shape index (κ1) is 11.6. The van der Waals surface area contributed by atoms with Crippen molar-refractivity contribution in [2.24, 2.45) is 4.99 Å². The quantitative estimate of drug-likeness (QED) is 0.585. The summed E-state index contributed by atoms with van der Waals surface area (Å²) >= 11 is 5.52. The van der Waals surface area contributed by atoms with Crippen LogP contribution in [-0.2, 0) is 4.79 Å². The van der Waals surface area contributed by atoms with Crippen LogP contribution in [0.4, 0.5) is 18.9 Å². The molecule has 0 aliphatic rings. The molecule has 1 aromatic rings. The van der Waals surface area contributed by atoms with E-state index in [9.17, 15) is 18.0 Å². The first-order valence-electron chi connectivity index (χ1n) is 3.55. The minimum atomic E-state index is -4.78. The molecule has 15 heavy (non-hydrogen) atoms. The second-order valence-electron chi connectivity index (χ2n) is 2.36. The third kappa shape index (κ3) is 3.61. The van der Waals surface area contributed by atoms with Crippen LogP contribution in [0.3, 0.4) is 0 Å². The Morgan fingerprint density at radius 1 is 1.40 bits per heavy atom. The molecule has 0 amide bonds. The normalized spacial score (nSPS) is 10.7. The van der Waals surface area contributed by atoms with E-state index in [0.29, 0.717) is 0 Å². The summed E-state index contributed by atoms with van der Waals surface area (Å²) in [6, 6.07) is 3.02. The smallest absolute Gasteiger partial charge is 0.406 e. The van der Waals surface area contributed by atoms with E-state index in [2.05, 4.69) is 9.73 Å². The number of rotatable bonds is 2. The Hall–Kier alpha value is -1.52. The van der Waals surface area contributed by atoms with Crippen LogP contribution >= 0.6 is 11.6 Å². The van der Waals surface area contributed by atoms with E-state index in [1.165, 1.54) is 6.08 Å².